The van der Waals surface area contributed by atoms with E-state index in [1.54, 1.807) is 84.9 Å². The highest BCUT2D eigenvalue weighted by Crippen LogP contribution is 2.47. The molecule has 0 spiro atoms. The number of anilines is 3. The van der Waals surface area contributed by atoms with Gasteiger partial charge in [-0.25, -0.2) is 0 Å². The van der Waals surface area contributed by atoms with Crippen molar-refractivity contribution in [2.75, 3.05) is 16.0 Å². The van der Waals surface area contributed by atoms with Crippen molar-refractivity contribution >= 4 is 40.7 Å². The van der Waals surface area contributed by atoms with Gasteiger partial charge in [0.25, 0.3) is 23.6 Å². The van der Waals surface area contributed by atoms with Crippen molar-refractivity contribution in [1.82, 2.24) is 5.32 Å². The number of allylic oxidation sites excluding steroid dienone is 2. The zero-order chi connectivity index (χ0) is 29.8. The molecule has 0 radical (unpaired) electrons. The zero-order valence-corrected chi connectivity index (χ0v) is 23.0. The molecule has 4 N–H and O–H groups in total. The number of hydrogen-bond acceptors (Lipinski definition) is 4. The van der Waals surface area contributed by atoms with Gasteiger partial charge in [-0.3, -0.25) is 19.2 Å². The number of nitrogens with one attached hydrogen (secondary N) is 4. The van der Waals surface area contributed by atoms with Crippen LogP contribution in [0.3, 0.4) is 0 Å². The molecule has 4 aromatic rings. The Kier molecular flexibility index (Phi) is 7.41. The molecule has 4 amide bonds. The molecule has 0 aliphatic heterocycles. The minimum atomic E-state index is -0.357. The Morgan fingerprint density at radius 2 is 1.02 bits per heavy atom. The first-order valence-electron chi connectivity index (χ1n) is 13.9. The molecular weight excluding hydrogens is 540 g/mol. The van der Waals surface area contributed by atoms with Crippen LogP contribution in [-0.4, -0.2) is 29.2 Å². The molecule has 8 heteroatoms. The molecule has 1 fully saturated rings. The van der Waals surface area contributed by atoms with Crippen molar-refractivity contribution < 1.29 is 23.5 Å². The third-order valence-electron chi connectivity index (χ3n) is 7.48. The Bertz CT molecular complexity index is 1780. The van der Waals surface area contributed by atoms with Gasteiger partial charge in [0.05, 0.1) is 5.54 Å². The Balaban J connectivity index is 0.00000192. The third kappa shape index (κ3) is 6.28. The van der Waals surface area contributed by atoms with E-state index in [9.17, 15) is 19.2 Å². The number of carbonyl (C=O) groups is 4. The first-order valence-corrected chi connectivity index (χ1v) is 13.9. The van der Waals surface area contributed by atoms with Crippen LogP contribution >= 0.6 is 0 Å². The lowest BCUT2D eigenvalue weighted by molar-refractivity contribution is 0.0935. The van der Waals surface area contributed by atoms with Gasteiger partial charge < -0.3 is 21.3 Å². The van der Waals surface area contributed by atoms with E-state index in [1.807, 2.05) is 36.4 Å². The van der Waals surface area contributed by atoms with E-state index in [1.165, 1.54) is 0 Å². The van der Waals surface area contributed by atoms with Crippen LogP contribution < -0.4 is 21.3 Å². The summed E-state index contributed by atoms with van der Waals surface area (Å²) >= 11 is 0. The van der Waals surface area contributed by atoms with Gasteiger partial charge in [-0.05, 0) is 85.3 Å². The monoisotopic (exact) mass is 574 g/mol. The fraction of sp³-hybridized carbons (Fsp3) is 0.0857. The minimum absolute atomic E-state index is 0. The van der Waals surface area contributed by atoms with Crippen LogP contribution in [0.1, 0.15) is 52.1 Å². The fourth-order valence-corrected chi connectivity index (χ4v) is 4.98. The maximum absolute atomic E-state index is 12.9. The van der Waals surface area contributed by atoms with Crippen molar-refractivity contribution in [2.45, 2.75) is 12.0 Å². The minimum Gasteiger partial charge on any atom is -0.342 e. The van der Waals surface area contributed by atoms with Crippen LogP contribution in [0.15, 0.2) is 127 Å². The quantitative estimate of drug-likeness (QED) is 0.185. The number of rotatable bonds is 8. The van der Waals surface area contributed by atoms with Crippen LogP contribution in [0, 0.1) is 5.92 Å². The topological polar surface area (TPSA) is 116 Å². The third-order valence-corrected chi connectivity index (χ3v) is 7.48. The fourth-order valence-electron chi connectivity index (χ4n) is 4.98. The van der Waals surface area contributed by atoms with Gasteiger partial charge in [0.2, 0.25) is 0 Å². The first kappa shape index (κ1) is 27.4. The number of para-hydroxylation sites is 1. The summed E-state index contributed by atoms with van der Waals surface area (Å²) in [4.78, 5) is 50.9. The lowest BCUT2D eigenvalue weighted by Crippen LogP contribution is -2.37. The molecule has 43 heavy (non-hydrogen) atoms. The summed E-state index contributed by atoms with van der Waals surface area (Å²) < 4.78 is 0. The van der Waals surface area contributed by atoms with Gasteiger partial charge in [0.15, 0.2) is 0 Å². The highest BCUT2D eigenvalue weighted by molar-refractivity contribution is 6.08. The molecule has 0 saturated heterocycles. The summed E-state index contributed by atoms with van der Waals surface area (Å²) in [5, 5.41) is 11.5. The van der Waals surface area contributed by atoms with Crippen molar-refractivity contribution in [2.24, 2.45) is 5.92 Å². The molecule has 1 saturated carbocycles. The summed E-state index contributed by atoms with van der Waals surface area (Å²) in [6.45, 7) is 0. The number of carbonyl (C=O) groups excluding carboxylic acids is 4. The number of amides is 4. The van der Waals surface area contributed by atoms with E-state index in [2.05, 4.69) is 27.3 Å². The molecule has 218 valence electrons. The van der Waals surface area contributed by atoms with Crippen LogP contribution in [-0.2, 0) is 0 Å². The number of fused-ring (bicyclic) bond motifs is 1. The lowest BCUT2D eigenvalue weighted by Gasteiger charge is -2.16. The van der Waals surface area contributed by atoms with Crippen LogP contribution in [0.25, 0.3) is 0 Å². The second-order valence-corrected chi connectivity index (χ2v) is 10.5. The van der Waals surface area contributed by atoms with Gasteiger partial charge in [-0.2, -0.15) is 0 Å². The van der Waals surface area contributed by atoms with Crippen LogP contribution in [0.5, 0.6) is 0 Å². The summed E-state index contributed by atoms with van der Waals surface area (Å²) in [6.07, 6.45) is 8.96. The second kappa shape index (κ2) is 11.6. The van der Waals surface area contributed by atoms with E-state index in [4.69, 9.17) is 0 Å². The molecule has 0 aromatic heterocycles. The Morgan fingerprint density at radius 1 is 0.558 bits per heavy atom. The normalized spacial score (nSPS) is 17.7. The highest BCUT2D eigenvalue weighted by Gasteiger charge is 2.52. The van der Waals surface area contributed by atoms with E-state index in [0.717, 1.165) is 6.42 Å². The molecule has 6 rings (SSSR count). The molecule has 2 aliphatic rings. The Labute approximate surface area is 253 Å². The predicted molar refractivity (Wildman–Crippen MR) is 173 cm³/mol. The van der Waals surface area contributed by atoms with Crippen molar-refractivity contribution in [3.63, 3.8) is 0 Å². The van der Waals surface area contributed by atoms with E-state index in [-0.39, 0.29) is 33.4 Å². The van der Waals surface area contributed by atoms with Gasteiger partial charge in [-0.1, -0.05) is 48.6 Å². The van der Waals surface area contributed by atoms with Crippen molar-refractivity contribution in [3.8, 4) is 0 Å². The summed E-state index contributed by atoms with van der Waals surface area (Å²) in [5.41, 5.74) is 3.06. The van der Waals surface area contributed by atoms with Gasteiger partial charge in [0.1, 0.15) is 0 Å². The first-order chi connectivity index (χ1) is 20.9. The van der Waals surface area contributed by atoms with E-state index < -0.39 is 0 Å². The van der Waals surface area contributed by atoms with Crippen molar-refractivity contribution in [1.29, 1.82) is 0 Å². The largest absolute Gasteiger partial charge is 0.342 e. The van der Waals surface area contributed by atoms with Crippen LogP contribution in [0.2, 0.25) is 0 Å². The van der Waals surface area contributed by atoms with E-state index in [0.29, 0.717) is 45.2 Å². The second-order valence-electron chi connectivity index (χ2n) is 10.5. The van der Waals surface area contributed by atoms with Gasteiger partial charge in [0, 0.05) is 49.5 Å². The summed E-state index contributed by atoms with van der Waals surface area (Å²) in [7, 11) is 0. The maximum Gasteiger partial charge on any atom is 0.255 e. The number of hydrogen-bond donors (Lipinski definition) is 4. The SMILES string of the molecule is O=C(Nc1ccccc1)c1ccc(C(=O)Nc2cccc(NC(=O)c3ccc(C(=O)NC45C=CC=CC4C5)cc3)c2)cc1.[HH].[HH].[HH]. The average molecular weight is 575 g/mol. The molecule has 2 unspecified atom stereocenters. The highest BCUT2D eigenvalue weighted by atomic mass is 16.2. The molecule has 2 aliphatic carbocycles. The van der Waals surface area contributed by atoms with E-state index >= 15 is 0 Å². The molecule has 8 nitrogen and oxygen atoms in total. The predicted octanol–water partition coefficient (Wildman–Crippen LogP) is 6.80. The molecule has 0 bridgehead atoms. The average Bonchev–Trinajstić information content (AvgIpc) is 3.76. The standard InChI is InChI=1S/C35H28N4O4.3H2/c40-31(36-28-8-2-1-3-9-28)23-12-14-24(15-13-23)32(41)37-29-10-6-11-30(21-29)38-33(42)25-16-18-26(19-17-25)34(43)39-35-20-5-4-7-27(35)22-35;;;/h1-21,27H,22H2,(H,36,40)(H,37,41)(H,38,42)(H,39,43);3*1H. The van der Waals surface area contributed by atoms with Crippen LogP contribution in [0.4, 0.5) is 17.1 Å². The molecule has 0 heterocycles. The molecular formula is C35H34N4O4. The zero-order valence-electron chi connectivity index (χ0n) is 23.0. The summed E-state index contributed by atoms with van der Waals surface area (Å²) in [6, 6.07) is 28.7. The molecule has 4 aromatic carbocycles. The summed E-state index contributed by atoms with van der Waals surface area (Å²) in [5.74, 6) is -0.815. The Hall–Kier alpha value is -5.76. The maximum atomic E-state index is 12.9. The van der Waals surface area contributed by atoms with Crippen molar-refractivity contribution in [3.05, 3.63) is 150 Å². The lowest BCUT2D eigenvalue weighted by atomic mass is 10.1. The molecule has 2 atom stereocenters. The number of benzene rings is 4. The van der Waals surface area contributed by atoms with Gasteiger partial charge >= 0.3 is 0 Å². The van der Waals surface area contributed by atoms with Gasteiger partial charge in [-0.15, -0.1) is 0 Å². The smallest absolute Gasteiger partial charge is 0.255 e. The Morgan fingerprint density at radius 3 is 1.53 bits per heavy atom.